The molecule has 2 aliphatic rings. The molecule has 0 aromatic rings. The summed E-state index contributed by atoms with van der Waals surface area (Å²) in [5.74, 6) is -0.448. The summed E-state index contributed by atoms with van der Waals surface area (Å²) in [7, 11) is 0. The monoisotopic (exact) mass is 354 g/mol. The molecular formula is C18H30N2O5. The maximum atomic E-state index is 12.5. The highest BCUT2D eigenvalue weighted by Gasteiger charge is 2.27. The van der Waals surface area contributed by atoms with Gasteiger partial charge in [-0.1, -0.05) is 0 Å². The number of likely N-dealkylation sites (tertiary alicyclic amines) is 1. The number of hydrogen-bond donors (Lipinski definition) is 1. The Morgan fingerprint density at radius 2 is 1.84 bits per heavy atom. The standard InChI is InChI=1S/C18H30N2O5/c1-14(21)20(13-18(23)24)16-3-2-9-19(10-6-16)17(22)5-4-15-7-11-25-12-8-15/h15-16H,2-13H2,1H3,(H,23,24). The molecule has 2 saturated heterocycles. The number of carbonyl (C=O) groups excluding carboxylic acids is 2. The molecule has 0 bridgehead atoms. The smallest absolute Gasteiger partial charge is 0.323 e. The van der Waals surface area contributed by atoms with Crippen LogP contribution in [0.2, 0.25) is 0 Å². The van der Waals surface area contributed by atoms with Crippen molar-refractivity contribution in [3.8, 4) is 0 Å². The fourth-order valence-electron chi connectivity index (χ4n) is 3.80. The van der Waals surface area contributed by atoms with E-state index < -0.39 is 5.97 Å². The maximum absolute atomic E-state index is 12.5. The number of hydrogen-bond acceptors (Lipinski definition) is 4. The number of rotatable bonds is 6. The zero-order valence-electron chi connectivity index (χ0n) is 15.1. The van der Waals surface area contributed by atoms with Crippen molar-refractivity contribution in [3.05, 3.63) is 0 Å². The van der Waals surface area contributed by atoms with E-state index in [1.54, 1.807) is 0 Å². The first kappa shape index (κ1) is 19.7. The number of carbonyl (C=O) groups is 3. The van der Waals surface area contributed by atoms with Crippen molar-refractivity contribution < 1.29 is 24.2 Å². The van der Waals surface area contributed by atoms with Crippen LogP contribution in [0.25, 0.3) is 0 Å². The SMILES string of the molecule is CC(=O)N(CC(=O)O)C1CCCN(C(=O)CCC2CCOCC2)CC1. The lowest BCUT2D eigenvalue weighted by molar-refractivity contribution is -0.145. The van der Waals surface area contributed by atoms with Gasteiger partial charge in [0.15, 0.2) is 0 Å². The number of nitrogens with zero attached hydrogens (tertiary/aromatic N) is 2. The molecule has 1 unspecified atom stereocenters. The van der Waals surface area contributed by atoms with Gasteiger partial charge >= 0.3 is 5.97 Å². The van der Waals surface area contributed by atoms with Gasteiger partial charge in [-0.25, -0.2) is 0 Å². The molecule has 2 amide bonds. The van der Waals surface area contributed by atoms with Crippen molar-refractivity contribution in [2.24, 2.45) is 5.92 Å². The zero-order chi connectivity index (χ0) is 18.2. The van der Waals surface area contributed by atoms with E-state index in [1.165, 1.54) is 11.8 Å². The Morgan fingerprint density at radius 1 is 1.12 bits per heavy atom. The molecule has 2 heterocycles. The summed E-state index contributed by atoms with van der Waals surface area (Å²) in [4.78, 5) is 38.6. The topological polar surface area (TPSA) is 87.2 Å². The van der Waals surface area contributed by atoms with Crippen LogP contribution >= 0.6 is 0 Å². The third-order valence-corrected chi connectivity index (χ3v) is 5.31. The molecule has 2 fully saturated rings. The van der Waals surface area contributed by atoms with E-state index in [0.717, 1.165) is 45.3 Å². The van der Waals surface area contributed by atoms with Gasteiger partial charge in [-0.3, -0.25) is 14.4 Å². The fourth-order valence-corrected chi connectivity index (χ4v) is 3.80. The second-order valence-corrected chi connectivity index (χ2v) is 7.10. The van der Waals surface area contributed by atoms with Crippen molar-refractivity contribution in [2.75, 3.05) is 32.8 Å². The second-order valence-electron chi connectivity index (χ2n) is 7.10. The third-order valence-electron chi connectivity index (χ3n) is 5.31. The molecule has 1 atom stereocenters. The number of aliphatic carboxylic acids is 1. The molecule has 0 aromatic carbocycles. The zero-order valence-corrected chi connectivity index (χ0v) is 15.1. The van der Waals surface area contributed by atoms with Gasteiger partial charge < -0.3 is 19.6 Å². The van der Waals surface area contributed by atoms with Crippen molar-refractivity contribution in [2.45, 2.75) is 57.9 Å². The first-order valence-electron chi connectivity index (χ1n) is 9.32. The average molecular weight is 354 g/mol. The maximum Gasteiger partial charge on any atom is 0.323 e. The highest BCUT2D eigenvalue weighted by Crippen LogP contribution is 2.22. The van der Waals surface area contributed by atoms with Gasteiger partial charge in [-0.05, 0) is 44.4 Å². The fraction of sp³-hybridized carbons (Fsp3) is 0.833. The lowest BCUT2D eigenvalue weighted by Crippen LogP contribution is -2.43. The Morgan fingerprint density at radius 3 is 2.48 bits per heavy atom. The molecule has 0 radical (unpaired) electrons. The minimum absolute atomic E-state index is 0.0955. The molecule has 0 aliphatic carbocycles. The quantitative estimate of drug-likeness (QED) is 0.781. The van der Waals surface area contributed by atoms with Crippen molar-refractivity contribution in [1.82, 2.24) is 9.80 Å². The van der Waals surface area contributed by atoms with Crippen LogP contribution in [0.5, 0.6) is 0 Å². The second kappa shape index (κ2) is 9.75. The van der Waals surface area contributed by atoms with E-state index in [2.05, 4.69) is 0 Å². The molecule has 7 nitrogen and oxygen atoms in total. The van der Waals surface area contributed by atoms with Gasteiger partial charge in [0.25, 0.3) is 0 Å². The Labute approximate surface area is 149 Å². The van der Waals surface area contributed by atoms with Gasteiger partial charge in [0, 0.05) is 45.7 Å². The first-order chi connectivity index (χ1) is 12.0. The van der Waals surface area contributed by atoms with Crippen molar-refractivity contribution in [3.63, 3.8) is 0 Å². The van der Waals surface area contributed by atoms with E-state index >= 15 is 0 Å². The van der Waals surface area contributed by atoms with Crippen LogP contribution in [0.4, 0.5) is 0 Å². The molecule has 7 heteroatoms. The first-order valence-corrected chi connectivity index (χ1v) is 9.32. The van der Waals surface area contributed by atoms with E-state index in [0.29, 0.717) is 31.8 Å². The van der Waals surface area contributed by atoms with Crippen LogP contribution in [0.1, 0.15) is 51.9 Å². The highest BCUT2D eigenvalue weighted by atomic mass is 16.5. The van der Waals surface area contributed by atoms with Gasteiger partial charge in [0.1, 0.15) is 6.54 Å². The molecule has 0 aromatic heterocycles. The highest BCUT2D eigenvalue weighted by molar-refractivity contribution is 5.80. The summed E-state index contributed by atoms with van der Waals surface area (Å²) >= 11 is 0. The summed E-state index contributed by atoms with van der Waals surface area (Å²) in [6, 6.07) is -0.0955. The summed E-state index contributed by atoms with van der Waals surface area (Å²) < 4.78 is 5.35. The van der Waals surface area contributed by atoms with Crippen molar-refractivity contribution in [1.29, 1.82) is 0 Å². The number of carboxylic acid groups (broad SMARTS) is 1. The Hall–Kier alpha value is -1.63. The average Bonchev–Trinajstić information content (AvgIpc) is 2.84. The van der Waals surface area contributed by atoms with Crippen LogP contribution < -0.4 is 0 Å². The molecular weight excluding hydrogens is 324 g/mol. The Bertz CT molecular complexity index is 476. The molecule has 142 valence electrons. The van der Waals surface area contributed by atoms with E-state index in [4.69, 9.17) is 9.84 Å². The summed E-state index contributed by atoms with van der Waals surface area (Å²) in [5.41, 5.74) is 0. The largest absolute Gasteiger partial charge is 0.480 e. The molecule has 2 aliphatic heterocycles. The molecule has 0 saturated carbocycles. The van der Waals surface area contributed by atoms with Crippen LogP contribution in [0, 0.1) is 5.92 Å². The number of carboxylic acids is 1. The molecule has 2 rings (SSSR count). The van der Waals surface area contributed by atoms with Gasteiger partial charge in [-0.15, -0.1) is 0 Å². The minimum atomic E-state index is -0.996. The van der Waals surface area contributed by atoms with Crippen LogP contribution in [-0.2, 0) is 19.1 Å². The normalized spacial score (nSPS) is 22.3. The van der Waals surface area contributed by atoms with Gasteiger partial charge in [0.2, 0.25) is 11.8 Å². The van der Waals surface area contributed by atoms with Crippen LogP contribution in [-0.4, -0.2) is 71.6 Å². The van der Waals surface area contributed by atoms with Gasteiger partial charge in [-0.2, -0.15) is 0 Å². The van der Waals surface area contributed by atoms with E-state index in [-0.39, 0.29) is 24.4 Å². The third kappa shape index (κ3) is 6.30. The Kier molecular flexibility index (Phi) is 7.68. The van der Waals surface area contributed by atoms with Gasteiger partial charge in [0.05, 0.1) is 0 Å². The molecule has 1 N–H and O–H groups in total. The van der Waals surface area contributed by atoms with Crippen molar-refractivity contribution >= 4 is 17.8 Å². The summed E-state index contributed by atoms with van der Waals surface area (Å²) in [6.07, 6.45) is 5.77. The van der Waals surface area contributed by atoms with E-state index in [1.807, 2.05) is 4.90 Å². The predicted molar refractivity (Wildman–Crippen MR) is 92.0 cm³/mol. The molecule has 25 heavy (non-hydrogen) atoms. The number of amides is 2. The number of ether oxygens (including phenoxy) is 1. The lowest BCUT2D eigenvalue weighted by atomic mass is 9.94. The Balaban J connectivity index is 1.81. The van der Waals surface area contributed by atoms with Crippen LogP contribution in [0.3, 0.4) is 0 Å². The minimum Gasteiger partial charge on any atom is -0.480 e. The lowest BCUT2D eigenvalue weighted by Gasteiger charge is -2.29. The van der Waals surface area contributed by atoms with E-state index in [9.17, 15) is 14.4 Å². The van der Waals surface area contributed by atoms with Crippen LogP contribution in [0.15, 0.2) is 0 Å². The predicted octanol–water partition coefficient (Wildman–Crippen LogP) is 1.51. The summed E-state index contributed by atoms with van der Waals surface area (Å²) in [6.45, 7) is 4.04. The summed E-state index contributed by atoms with van der Waals surface area (Å²) in [5, 5.41) is 9.00. The molecule has 0 spiro atoms.